The molecule has 1 fully saturated rings. The largest absolute Gasteiger partial charge is 0.491 e. The van der Waals surface area contributed by atoms with Gasteiger partial charge < -0.3 is 15.0 Å². The van der Waals surface area contributed by atoms with Crippen molar-refractivity contribution in [1.82, 2.24) is 10.2 Å². The Morgan fingerprint density at radius 1 is 1.26 bits per heavy atom. The summed E-state index contributed by atoms with van der Waals surface area (Å²) >= 11 is 0. The molecule has 1 aromatic carbocycles. The zero-order valence-corrected chi connectivity index (χ0v) is 14.4. The predicted octanol–water partition coefficient (Wildman–Crippen LogP) is 2.84. The van der Waals surface area contributed by atoms with Gasteiger partial charge in [0.05, 0.1) is 16.7 Å². The minimum Gasteiger partial charge on any atom is -0.400 e. The molecule has 0 aliphatic carbocycles. The molecule has 3 rings (SSSR count). The van der Waals surface area contributed by atoms with Crippen LogP contribution in [0.4, 0.5) is 0 Å². The van der Waals surface area contributed by atoms with Crippen molar-refractivity contribution < 1.29 is 9.31 Å². The summed E-state index contributed by atoms with van der Waals surface area (Å²) in [7, 11) is -0.415. The zero-order valence-electron chi connectivity index (χ0n) is 14.4. The molecule has 0 radical (unpaired) electrons. The average Bonchev–Trinajstić information content (AvgIpc) is 2.94. The van der Waals surface area contributed by atoms with Crippen molar-refractivity contribution in [3.05, 3.63) is 34.9 Å². The van der Waals surface area contributed by atoms with Crippen LogP contribution >= 0.6 is 0 Å². The number of aromatic amines is 1. The predicted molar refractivity (Wildman–Crippen MR) is 93.9 cm³/mol. The zero-order chi connectivity index (χ0) is 16.8. The second-order valence-electron chi connectivity index (χ2n) is 7.14. The van der Waals surface area contributed by atoms with Gasteiger partial charge in [0, 0.05) is 17.6 Å². The summed E-state index contributed by atoms with van der Waals surface area (Å²) < 4.78 is 12.2. The number of nitrogens with two attached hydrogens (primary N) is 1. The Hall–Kier alpha value is -1.63. The molecule has 0 unspecified atom stereocenters. The van der Waals surface area contributed by atoms with E-state index >= 15 is 0 Å². The van der Waals surface area contributed by atoms with E-state index < -0.39 is 7.12 Å². The van der Waals surface area contributed by atoms with Gasteiger partial charge in [-0.15, -0.1) is 0 Å². The van der Waals surface area contributed by atoms with Gasteiger partial charge in [-0.05, 0) is 51.7 Å². The maximum absolute atomic E-state index is 6.09. The van der Waals surface area contributed by atoms with E-state index in [0.29, 0.717) is 6.54 Å². The maximum atomic E-state index is 6.09. The van der Waals surface area contributed by atoms with E-state index in [0.717, 1.165) is 27.6 Å². The third-order valence-electron chi connectivity index (χ3n) is 4.91. The highest BCUT2D eigenvalue weighted by Gasteiger charge is 2.52. The first-order valence-electron chi connectivity index (χ1n) is 7.94. The fourth-order valence-electron chi connectivity index (χ4n) is 2.68. The number of hydrogen-bond donors (Lipinski definition) is 2. The lowest BCUT2D eigenvalue weighted by Gasteiger charge is -2.32. The lowest BCUT2D eigenvalue weighted by Crippen LogP contribution is -2.41. The first-order chi connectivity index (χ1) is 10.7. The molecule has 0 bridgehead atoms. The minimum atomic E-state index is -0.415. The SMILES string of the molecule is Cc1[nH]nc2cc(C=C(CN)B3OC(C)(C)C(C)(C)O3)ccc12. The molecule has 1 aromatic heterocycles. The molecule has 0 amide bonds. The molecule has 0 spiro atoms. The van der Waals surface area contributed by atoms with Crippen molar-refractivity contribution in [3.8, 4) is 0 Å². The van der Waals surface area contributed by atoms with Gasteiger partial charge in [-0.1, -0.05) is 18.2 Å². The van der Waals surface area contributed by atoms with Crippen LogP contribution < -0.4 is 5.73 Å². The molecule has 1 aliphatic heterocycles. The molecule has 2 aromatic rings. The number of benzene rings is 1. The van der Waals surface area contributed by atoms with Crippen LogP contribution in [0, 0.1) is 6.92 Å². The van der Waals surface area contributed by atoms with Crippen molar-refractivity contribution in [3.63, 3.8) is 0 Å². The number of rotatable bonds is 3. The van der Waals surface area contributed by atoms with Gasteiger partial charge in [0.15, 0.2) is 0 Å². The number of hydrogen-bond acceptors (Lipinski definition) is 4. The van der Waals surface area contributed by atoms with Crippen LogP contribution in [0.15, 0.2) is 23.7 Å². The number of nitrogens with one attached hydrogen (secondary N) is 1. The van der Waals surface area contributed by atoms with Crippen molar-refractivity contribution >= 4 is 24.1 Å². The van der Waals surface area contributed by atoms with Crippen molar-refractivity contribution in [1.29, 1.82) is 0 Å². The van der Waals surface area contributed by atoms with E-state index in [1.54, 1.807) is 0 Å². The Morgan fingerprint density at radius 2 is 1.91 bits per heavy atom. The van der Waals surface area contributed by atoms with Gasteiger partial charge in [-0.3, -0.25) is 5.10 Å². The molecule has 1 aliphatic rings. The average molecular weight is 313 g/mol. The van der Waals surface area contributed by atoms with Crippen LogP contribution in [0.2, 0.25) is 0 Å². The summed E-state index contributed by atoms with van der Waals surface area (Å²) in [6, 6.07) is 6.17. The van der Waals surface area contributed by atoms with Crippen LogP contribution in [-0.4, -0.2) is 35.1 Å². The van der Waals surface area contributed by atoms with Crippen molar-refractivity contribution in [2.75, 3.05) is 6.54 Å². The molecule has 1 saturated heterocycles. The fraction of sp³-hybridized carbons (Fsp3) is 0.471. The molecular weight excluding hydrogens is 289 g/mol. The quantitative estimate of drug-likeness (QED) is 0.855. The van der Waals surface area contributed by atoms with Crippen LogP contribution in [-0.2, 0) is 9.31 Å². The second-order valence-corrected chi connectivity index (χ2v) is 7.14. The molecule has 2 heterocycles. The highest BCUT2D eigenvalue weighted by molar-refractivity contribution is 6.55. The summed E-state index contributed by atoms with van der Waals surface area (Å²) in [6.07, 6.45) is 2.03. The maximum Gasteiger partial charge on any atom is 0.491 e. The standard InChI is InChI=1S/C17H24BN3O2/c1-11-14-7-6-12(9-15(14)21-20-11)8-13(10-19)18-22-16(2,3)17(4,5)23-18/h6-9H,10,19H2,1-5H3,(H,20,21). The van der Waals surface area contributed by atoms with E-state index in [9.17, 15) is 0 Å². The van der Waals surface area contributed by atoms with Crippen molar-refractivity contribution in [2.24, 2.45) is 5.73 Å². The number of nitrogens with zero attached hydrogens (tertiary/aromatic N) is 1. The lowest BCUT2D eigenvalue weighted by molar-refractivity contribution is 0.00578. The molecule has 122 valence electrons. The molecule has 23 heavy (non-hydrogen) atoms. The van der Waals surface area contributed by atoms with Crippen LogP contribution in [0.25, 0.3) is 17.0 Å². The van der Waals surface area contributed by atoms with Crippen LogP contribution in [0.5, 0.6) is 0 Å². The Balaban J connectivity index is 1.92. The Labute approximate surface area is 137 Å². The van der Waals surface area contributed by atoms with Crippen LogP contribution in [0.1, 0.15) is 39.0 Å². The number of aromatic nitrogens is 2. The summed E-state index contributed by atoms with van der Waals surface area (Å²) in [5.74, 6) is 0. The van der Waals surface area contributed by atoms with Crippen molar-refractivity contribution in [2.45, 2.75) is 45.8 Å². The molecular formula is C17H24BN3O2. The Bertz CT molecular complexity index is 748. The molecule has 5 nitrogen and oxygen atoms in total. The van der Waals surface area contributed by atoms with E-state index in [1.165, 1.54) is 0 Å². The summed E-state index contributed by atoms with van der Waals surface area (Å²) in [5, 5.41) is 8.44. The third-order valence-corrected chi connectivity index (χ3v) is 4.91. The normalized spacial score (nSPS) is 20.4. The van der Waals surface area contributed by atoms with Gasteiger partial charge in [-0.2, -0.15) is 5.10 Å². The van der Waals surface area contributed by atoms with E-state index in [4.69, 9.17) is 15.0 Å². The summed E-state index contributed by atoms with van der Waals surface area (Å²) in [4.78, 5) is 0. The van der Waals surface area contributed by atoms with E-state index in [2.05, 4.69) is 22.3 Å². The number of fused-ring (bicyclic) bond motifs is 1. The molecule has 0 saturated carbocycles. The van der Waals surface area contributed by atoms with E-state index in [1.807, 2.05) is 46.8 Å². The summed E-state index contributed by atoms with van der Waals surface area (Å²) in [6.45, 7) is 10.6. The van der Waals surface area contributed by atoms with Gasteiger partial charge in [0.2, 0.25) is 0 Å². The monoisotopic (exact) mass is 313 g/mol. The summed E-state index contributed by atoms with van der Waals surface area (Å²) in [5.41, 5.74) is 9.20. The Morgan fingerprint density at radius 3 is 2.52 bits per heavy atom. The highest BCUT2D eigenvalue weighted by Crippen LogP contribution is 2.38. The number of aryl methyl sites for hydroxylation is 1. The van der Waals surface area contributed by atoms with E-state index in [-0.39, 0.29) is 11.2 Å². The third kappa shape index (κ3) is 2.82. The van der Waals surface area contributed by atoms with Crippen LogP contribution in [0.3, 0.4) is 0 Å². The lowest BCUT2D eigenvalue weighted by atomic mass is 9.77. The Kier molecular flexibility index (Phi) is 3.87. The second kappa shape index (κ2) is 5.48. The molecule has 3 N–H and O–H groups in total. The fourth-order valence-corrected chi connectivity index (χ4v) is 2.68. The first-order valence-corrected chi connectivity index (χ1v) is 7.94. The molecule has 0 atom stereocenters. The molecule has 6 heteroatoms. The van der Waals surface area contributed by atoms with Gasteiger partial charge in [0.25, 0.3) is 0 Å². The first kappa shape index (κ1) is 16.2. The highest BCUT2D eigenvalue weighted by atomic mass is 16.7. The smallest absolute Gasteiger partial charge is 0.400 e. The number of H-pyrrole nitrogens is 1. The van der Waals surface area contributed by atoms with Gasteiger partial charge in [0.1, 0.15) is 0 Å². The van der Waals surface area contributed by atoms with Gasteiger partial charge in [-0.25, -0.2) is 0 Å². The minimum absolute atomic E-state index is 0.366. The topological polar surface area (TPSA) is 73.2 Å². The van der Waals surface area contributed by atoms with Gasteiger partial charge >= 0.3 is 7.12 Å².